The van der Waals surface area contributed by atoms with Crippen molar-refractivity contribution in [1.29, 1.82) is 0 Å². The number of guanidine groups is 1. The Morgan fingerprint density at radius 2 is 2.08 bits per heavy atom. The normalized spacial score (nSPS) is 12.2. The lowest BCUT2D eigenvalue weighted by Crippen LogP contribution is -2.41. The molecule has 0 fully saturated rings. The van der Waals surface area contributed by atoms with Crippen molar-refractivity contribution in [2.24, 2.45) is 12.0 Å². The molecule has 2 aromatic heterocycles. The Morgan fingerprint density at radius 1 is 1.31 bits per heavy atom. The smallest absolute Gasteiger partial charge is 0.242 e. The van der Waals surface area contributed by atoms with Gasteiger partial charge in [0.25, 0.3) is 0 Å². The minimum atomic E-state index is -3.57. The van der Waals surface area contributed by atoms with Gasteiger partial charge in [-0.25, -0.2) is 13.1 Å². The minimum Gasteiger partial charge on any atom is -0.355 e. The summed E-state index contributed by atoms with van der Waals surface area (Å²) in [4.78, 5) is 8.02. The number of halogens is 2. The van der Waals surface area contributed by atoms with E-state index in [2.05, 4.69) is 25.3 Å². The molecule has 0 amide bonds. The van der Waals surface area contributed by atoms with Crippen molar-refractivity contribution in [1.82, 2.24) is 24.9 Å². The Bertz CT molecular complexity index is 868. The molecule has 0 bridgehead atoms. The highest BCUT2D eigenvalue weighted by molar-refractivity contribution is 7.89. The number of hydrogen-bond acceptors (Lipinski definition) is 4. The molecular formula is C15H20Cl2N6O2S. The van der Waals surface area contributed by atoms with Crippen LogP contribution in [0.4, 0.5) is 0 Å². The number of sulfonamides is 1. The predicted molar refractivity (Wildman–Crippen MR) is 103 cm³/mol. The number of hydrogen-bond donors (Lipinski definition) is 3. The summed E-state index contributed by atoms with van der Waals surface area (Å²) in [5, 5.41) is 7.09. The van der Waals surface area contributed by atoms with E-state index in [-0.39, 0.29) is 11.4 Å². The highest BCUT2D eigenvalue weighted by Gasteiger charge is 2.13. The highest BCUT2D eigenvalue weighted by atomic mass is 35.5. The van der Waals surface area contributed by atoms with Crippen LogP contribution in [-0.2, 0) is 23.6 Å². The van der Waals surface area contributed by atoms with Gasteiger partial charge in [0.15, 0.2) is 5.96 Å². The zero-order valence-corrected chi connectivity index (χ0v) is 16.7. The molecule has 0 spiro atoms. The van der Waals surface area contributed by atoms with E-state index in [1.165, 1.54) is 18.5 Å². The Balaban J connectivity index is 1.79. The fourth-order valence-electron chi connectivity index (χ4n) is 2.11. The van der Waals surface area contributed by atoms with Crippen LogP contribution in [-0.4, -0.2) is 44.1 Å². The zero-order chi connectivity index (χ0) is 19.2. The molecule has 0 aromatic carbocycles. The van der Waals surface area contributed by atoms with Gasteiger partial charge in [-0.15, -0.1) is 0 Å². The molecule has 11 heteroatoms. The van der Waals surface area contributed by atoms with Gasteiger partial charge in [0.1, 0.15) is 10.0 Å². The topological polar surface area (TPSA) is 100 Å². The summed E-state index contributed by atoms with van der Waals surface area (Å²) in [7, 11) is -0.134. The van der Waals surface area contributed by atoms with Gasteiger partial charge in [0.2, 0.25) is 10.0 Å². The third kappa shape index (κ3) is 5.34. The third-order valence-electron chi connectivity index (χ3n) is 3.53. The van der Waals surface area contributed by atoms with Crippen molar-refractivity contribution in [3.8, 4) is 0 Å². The van der Waals surface area contributed by atoms with Gasteiger partial charge in [-0.05, 0) is 18.2 Å². The molecule has 2 aromatic rings. The van der Waals surface area contributed by atoms with Crippen molar-refractivity contribution >= 4 is 39.2 Å². The molecule has 0 aliphatic rings. The van der Waals surface area contributed by atoms with Gasteiger partial charge in [-0.3, -0.25) is 9.98 Å². The Morgan fingerprint density at radius 3 is 2.65 bits per heavy atom. The van der Waals surface area contributed by atoms with Crippen LogP contribution in [0.5, 0.6) is 0 Å². The maximum absolute atomic E-state index is 12.1. The molecule has 8 nitrogen and oxygen atoms in total. The predicted octanol–water partition coefficient (Wildman–Crippen LogP) is 1.37. The van der Waals surface area contributed by atoms with Crippen LogP contribution in [0.2, 0.25) is 10.2 Å². The number of nitrogens with zero attached hydrogens (tertiary/aromatic N) is 3. The average molecular weight is 419 g/mol. The van der Waals surface area contributed by atoms with E-state index in [1.807, 2.05) is 7.05 Å². The summed E-state index contributed by atoms with van der Waals surface area (Å²) >= 11 is 12.0. The van der Waals surface area contributed by atoms with Crippen LogP contribution in [0, 0.1) is 0 Å². The largest absolute Gasteiger partial charge is 0.355 e. The number of aromatic nitrogens is 2. The first-order chi connectivity index (χ1) is 12.3. The fraction of sp³-hybridized carbons (Fsp3) is 0.333. The summed E-state index contributed by atoms with van der Waals surface area (Å²) in [6.45, 7) is 1.01. The van der Waals surface area contributed by atoms with Crippen LogP contribution in [0.1, 0.15) is 5.69 Å². The second kappa shape index (κ2) is 9.22. The molecular weight excluding hydrogens is 399 g/mol. The molecule has 2 heterocycles. The van der Waals surface area contributed by atoms with Gasteiger partial charge in [0, 0.05) is 45.3 Å². The van der Waals surface area contributed by atoms with Crippen molar-refractivity contribution in [2.75, 3.05) is 20.1 Å². The van der Waals surface area contributed by atoms with Gasteiger partial charge < -0.3 is 15.2 Å². The second-order valence-corrected chi connectivity index (χ2v) is 7.80. The molecule has 0 radical (unpaired) electrons. The standard InChI is InChI=1S/C15H20Cl2N6O2S/c1-18-15(21-9-11-8-13(16)14(17)23(11)2)20-6-7-22-26(24,25)12-4-3-5-19-10-12/h3-5,8,10,22H,6-7,9H2,1-2H3,(H2,18,20,21). The van der Waals surface area contributed by atoms with Gasteiger partial charge >= 0.3 is 0 Å². The van der Waals surface area contributed by atoms with Crippen molar-refractivity contribution in [2.45, 2.75) is 11.4 Å². The molecule has 0 atom stereocenters. The fourth-order valence-corrected chi connectivity index (χ4v) is 3.52. The van der Waals surface area contributed by atoms with Crippen LogP contribution >= 0.6 is 23.2 Å². The summed E-state index contributed by atoms with van der Waals surface area (Å²) in [6.07, 6.45) is 2.82. The van der Waals surface area contributed by atoms with Gasteiger partial charge in [0.05, 0.1) is 11.6 Å². The molecule has 26 heavy (non-hydrogen) atoms. The Kier molecular flexibility index (Phi) is 7.27. The number of pyridine rings is 1. The zero-order valence-electron chi connectivity index (χ0n) is 14.3. The van der Waals surface area contributed by atoms with Crippen molar-refractivity contribution in [3.05, 3.63) is 46.5 Å². The van der Waals surface area contributed by atoms with Crippen molar-refractivity contribution < 1.29 is 8.42 Å². The minimum absolute atomic E-state index is 0.125. The summed E-state index contributed by atoms with van der Waals surface area (Å²) < 4.78 is 28.4. The van der Waals surface area contributed by atoms with E-state index < -0.39 is 10.0 Å². The molecule has 0 saturated heterocycles. The van der Waals surface area contributed by atoms with E-state index in [0.29, 0.717) is 29.2 Å². The highest BCUT2D eigenvalue weighted by Crippen LogP contribution is 2.24. The van der Waals surface area contributed by atoms with Gasteiger partial charge in [-0.1, -0.05) is 23.2 Å². The van der Waals surface area contributed by atoms with Crippen LogP contribution < -0.4 is 15.4 Å². The first kappa shape index (κ1) is 20.5. The molecule has 142 valence electrons. The Labute approximate surface area is 162 Å². The van der Waals surface area contributed by atoms with E-state index in [9.17, 15) is 8.42 Å². The first-order valence-electron chi connectivity index (χ1n) is 7.69. The maximum atomic E-state index is 12.1. The first-order valence-corrected chi connectivity index (χ1v) is 9.93. The number of aliphatic imine (C=N–C) groups is 1. The third-order valence-corrected chi connectivity index (χ3v) is 5.82. The molecule has 2 rings (SSSR count). The van der Waals surface area contributed by atoms with E-state index in [4.69, 9.17) is 23.2 Å². The summed E-state index contributed by atoms with van der Waals surface area (Å²) in [5.74, 6) is 0.527. The average Bonchev–Trinajstić information content (AvgIpc) is 2.88. The van der Waals surface area contributed by atoms with Crippen LogP contribution in [0.25, 0.3) is 0 Å². The number of nitrogens with one attached hydrogen (secondary N) is 3. The summed E-state index contributed by atoms with van der Waals surface area (Å²) in [5.41, 5.74) is 0.889. The molecule has 0 saturated carbocycles. The van der Waals surface area contributed by atoms with E-state index in [0.717, 1.165) is 5.69 Å². The maximum Gasteiger partial charge on any atom is 0.242 e. The van der Waals surface area contributed by atoms with E-state index >= 15 is 0 Å². The summed E-state index contributed by atoms with van der Waals surface area (Å²) in [6, 6.07) is 4.83. The lowest BCUT2D eigenvalue weighted by Gasteiger charge is -2.13. The Hall–Kier alpha value is -1.81. The molecule has 0 unspecified atom stereocenters. The van der Waals surface area contributed by atoms with Crippen LogP contribution in [0.15, 0.2) is 40.5 Å². The van der Waals surface area contributed by atoms with Crippen molar-refractivity contribution in [3.63, 3.8) is 0 Å². The lowest BCUT2D eigenvalue weighted by molar-refractivity contribution is 0.580. The molecule has 0 aliphatic carbocycles. The van der Waals surface area contributed by atoms with E-state index in [1.54, 1.807) is 23.7 Å². The molecule has 3 N–H and O–H groups in total. The SMILES string of the molecule is CN=C(NCCNS(=O)(=O)c1cccnc1)NCc1cc(Cl)c(Cl)n1C. The van der Waals surface area contributed by atoms with Gasteiger partial charge in [-0.2, -0.15) is 0 Å². The monoisotopic (exact) mass is 418 g/mol. The second-order valence-electron chi connectivity index (χ2n) is 5.27. The quantitative estimate of drug-likeness (QED) is 0.358. The number of rotatable bonds is 7. The van der Waals surface area contributed by atoms with Crippen LogP contribution in [0.3, 0.4) is 0 Å². The lowest BCUT2D eigenvalue weighted by atomic mass is 10.4. The molecule has 0 aliphatic heterocycles.